The third-order valence-corrected chi connectivity index (χ3v) is 5.32. The lowest BCUT2D eigenvalue weighted by atomic mass is 10.2. The summed E-state index contributed by atoms with van der Waals surface area (Å²) in [5, 5.41) is 7.26. The molecule has 6 nitrogen and oxygen atoms in total. The molecule has 0 radical (unpaired) electrons. The van der Waals surface area contributed by atoms with Gasteiger partial charge in [-0.25, -0.2) is 9.07 Å². The number of nitrogens with one attached hydrogen (secondary N) is 1. The third-order valence-electron chi connectivity index (χ3n) is 4.11. The molecule has 138 valence electrons. The van der Waals surface area contributed by atoms with Gasteiger partial charge in [0.15, 0.2) is 6.61 Å². The van der Waals surface area contributed by atoms with E-state index in [4.69, 9.17) is 4.74 Å². The molecule has 8 heteroatoms. The van der Waals surface area contributed by atoms with Gasteiger partial charge in [-0.1, -0.05) is 18.2 Å². The van der Waals surface area contributed by atoms with Gasteiger partial charge < -0.3 is 10.1 Å². The molecular weight excluding hydrogens is 369 g/mol. The number of para-hydroxylation sites is 1. The summed E-state index contributed by atoms with van der Waals surface area (Å²) in [4.78, 5) is 12.4. The quantitative estimate of drug-likeness (QED) is 0.733. The number of nitrogens with zero attached hydrogens (tertiary/aromatic N) is 2. The van der Waals surface area contributed by atoms with Gasteiger partial charge in [0, 0.05) is 16.4 Å². The highest BCUT2D eigenvalue weighted by molar-refractivity contribution is 7.83. The number of halogens is 1. The van der Waals surface area contributed by atoms with Crippen molar-refractivity contribution in [2.75, 3.05) is 11.9 Å². The number of carbonyl (C=O) groups excluding carboxylic acids is 1. The first-order valence-electron chi connectivity index (χ1n) is 8.29. The highest BCUT2D eigenvalue weighted by atomic mass is 32.2. The SMILES string of the molecule is O=C(COc1ccccc1)Nc1c2c(nn1-c1ccc(F)cc1)C[S@@](=O)C2. The van der Waals surface area contributed by atoms with Gasteiger partial charge >= 0.3 is 0 Å². The van der Waals surface area contributed by atoms with Gasteiger partial charge in [0.05, 0.1) is 22.9 Å². The van der Waals surface area contributed by atoms with Crippen molar-refractivity contribution in [2.45, 2.75) is 11.5 Å². The number of rotatable bonds is 5. The minimum absolute atomic E-state index is 0.170. The second kappa shape index (κ2) is 7.32. The number of fused-ring (bicyclic) bond motifs is 1. The molecule has 4 rings (SSSR count). The van der Waals surface area contributed by atoms with Crippen molar-refractivity contribution in [2.24, 2.45) is 0 Å². The smallest absolute Gasteiger partial charge is 0.263 e. The van der Waals surface area contributed by atoms with Crippen molar-refractivity contribution in [1.82, 2.24) is 9.78 Å². The zero-order valence-electron chi connectivity index (χ0n) is 14.2. The van der Waals surface area contributed by atoms with E-state index >= 15 is 0 Å². The Balaban J connectivity index is 1.58. The summed E-state index contributed by atoms with van der Waals surface area (Å²) in [6, 6.07) is 14.8. The monoisotopic (exact) mass is 385 g/mol. The van der Waals surface area contributed by atoms with Gasteiger partial charge in [-0.15, -0.1) is 0 Å². The first-order chi connectivity index (χ1) is 13.1. The van der Waals surface area contributed by atoms with E-state index in [1.54, 1.807) is 28.9 Å². The molecular formula is C19H16FN3O3S. The van der Waals surface area contributed by atoms with Crippen LogP contribution >= 0.6 is 0 Å². The molecule has 0 aliphatic carbocycles. The lowest BCUT2D eigenvalue weighted by Gasteiger charge is -2.11. The minimum atomic E-state index is -1.03. The number of aromatic nitrogens is 2. The van der Waals surface area contributed by atoms with E-state index < -0.39 is 10.8 Å². The van der Waals surface area contributed by atoms with Crippen LogP contribution < -0.4 is 10.1 Å². The van der Waals surface area contributed by atoms with Crippen LogP contribution in [0.3, 0.4) is 0 Å². The van der Waals surface area contributed by atoms with Gasteiger partial charge in [-0.2, -0.15) is 5.10 Å². The highest BCUT2D eigenvalue weighted by Gasteiger charge is 2.28. The number of hydrogen-bond acceptors (Lipinski definition) is 4. The summed E-state index contributed by atoms with van der Waals surface area (Å²) in [7, 11) is -1.03. The lowest BCUT2D eigenvalue weighted by Crippen LogP contribution is -2.22. The zero-order valence-corrected chi connectivity index (χ0v) is 15.0. The van der Waals surface area contributed by atoms with Gasteiger partial charge in [0.1, 0.15) is 17.4 Å². The molecule has 0 fully saturated rings. The Hall–Kier alpha value is -3.00. The van der Waals surface area contributed by atoms with Crippen LogP contribution in [-0.2, 0) is 27.1 Å². The van der Waals surface area contributed by atoms with E-state index in [-0.39, 0.29) is 18.3 Å². The average molecular weight is 385 g/mol. The number of anilines is 1. The van der Waals surface area contributed by atoms with Crippen LogP contribution in [0.1, 0.15) is 11.3 Å². The Kier molecular flexibility index (Phi) is 4.72. The molecule has 0 saturated carbocycles. The summed E-state index contributed by atoms with van der Waals surface area (Å²) in [6.45, 7) is -0.170. The number of amides is 1. The maximum absolute atomic E-state index is 13.2. The fourth-order valence-corrected chi connectivity index (χ4v) is 4.12. The molecule has 27 heavy (non-hydrogen) atoms. The second-order valence-corrected chi connectivity index (χ2v) is 7.50. The van der Waals surface area contributed by atoms with Crippen molar-refractivity contribution in [3.8, 4) is 11.4 Å². The predicted octanol–water partition coefficient (Wildman–Crippen LogP) is 2.79. The van der Waals surface area contributed by atoms with Gasteiger partial charge in [0.2, 0.25) is 0 Å². The largest absolute Gasteiger partial charge is 0.484 e. The van der Waals surface area contributed by atoms with Crippen molar-refractivity contribution in [3.05, 3.63) is 71.7 Å². The van der Waals surface area contributed by atoms with Crippen molar-refractivity contribution >= 4 is 22.5 Å². The van der Waals surface area contributed by atoms with Gasteiger partial charge in [-0.05, 0) is 36.4 Å². The van der Waals surface area contributed by atoms with E-state index in [2.05, 4.69) is 10.4 Å². The Labute approximate surface area is 157 Å². The molecule has 1 atom stereocenters. The topological polar surface area (TPSA) is 73.2 Å². The van der Waals surface area contributed by atoms with Crippen LogP contribution in [0.25, 0.3) is 5.69 Å². The third kappa shape index (κ3) is 3.75. The van der Waals surface area contributed by atoms with Crippen LogP contribution in [0.5, 0.6) is 5.75 Å². The van der Waals surface area contributed by atoms with Crippen molar-refractivity contribution < 1.29 is 18.1 Å². The average Bonchev–Trinajstić information content (AvgIpc) is 3.19. The number of ether oxygens (including phenoxy) is 1. The van der Waals surface area contributed by atoms with Crippen LogP contribution in [0, 0.1) is 5.82 Å². The van der Waals surface area contributed by atoms with Crippen LogP contribution in [0.2, 0.25) is 0 Å². The zero-order chi connectivity index (χ0) is 18.8. The molecule has 2 heterocycles. The molecule has 1 amide bonds. The fraction of sp³-hybridized carbons (Fsp3) is 0.158. The molecule has 1 N–H and O–H groups in total. The van der Waals surface area contributed by atoms with E-state index in [1.807, 2.05) is 18.2 Å². The molecule has 0 bridgehead atoms. The Bertz CT molecular complexity index is 1000. The maximum Gasteiger partial charge on any atom is 0.263 e. The highest BCUT2D eigenvalue weighted by Crippen LogP contribution is 2.31. The molecule has 1 aliphatic heterocycles. The van der Waals surface area contributed by atoms with E-state index in [9.17, 15) is 13.4 Å². The summed E-state index contributed by atoms with van der Waals surface area (Å²) in [5.41, 5.74) is 2.03. The Morgan fingerprint density at radius 1 is 1.15 bits per heavy atom. The summed E-state index contributed by atoms with van der Waals surface area (Å²) < 4.78 is 32.1. The molecule has 1 aromatic heterocycles. The lowest BCUT2D eigenvalue weighted by molar-refractivity contribution is -0.118. The first-order valence-corrected chi connectivity index (χ1v) is 9.78. The van der Waals surface area contributed by atoms with E-state index in [0.29, 0.717) is 34.5 Å². The second-order valence-electron chi connectivity index (χ2n) is 6.04. The Morgan fingerprint density at radius 2 is 1.89 bits per heavy atom. The molecule has 0 saturated heterocycles. The fourth-order valence-electron chi connectivity index (χ4n) is 2.86. The van der Waals surface area contributed by atoms with Gasteiger partial charge in [-0.3, -0.25) is 9.00 Å². The molecule has 2 aromatic carbocycles. The normalized spacial score (nSPS) is 15.4. The molecule has 3 aromatic rings. The Morgan fingerprint density at radius 3 is 2.63 bits per heavy atom. The summed E-state index contributed by atoms with van der Waals surface area (Å²) >= 11 is 0. The van der Waals surface area contributed by atoms with Crippen LogP contribution in [0.15, 0.2) is 54.6 Å². The van der Waals surface area contributed by atoms with Crippen LogP contribution in [-0.4, -0.2) is 26.5 Å². The molecule has 0 spiro atoms. The van der Waals surface area contributed by atoms with Crippen molar-refractivity contribution in [3.63, 3.8) is 0 Å². The summed E-state index contributed by atoms with van der Waals surface area (Å²) in [5.74, 6) is 0.984. The number of benzene rings is 2. The van der Waals surface area contributed by atoms with E-state index in [0.717, 1.165) is 5.56 Å². The minimum Gasteiger partial charge on any atom is -0.484 e. The molecule has 0 unspecified atom stereocenters. The van der Waals surface area contributed by atoms with Crippen molar-refractivity contribution in [1.29, 1.82) is 0 Å². The predicted molar refractivity (Wildman–Crippen MR) is 99.6 cm³/mol. The number of hydrogen-bond donors (Lipinski definition) is 1. The standard InChI is InChI=1S/C19H16FN3O3S/c20-13-6-8-14(9-7-13)23-19(16-11-27(25)12-17(16)22-23)21-18(24)10-26-15-4-2-1-3-5-15/h1-9H,10-12H2,(H,21,24)/t27-/m0/s1. The van der Waals surface area contributed by atoms with Gasteiger partial charge in [0.25, 0.3) is 5.91 Å². The maximum atomic E-state index is 13.2. The molecule has 1 aliphatic rings. The first kappa shape index (κ1) is 17.4. The van der Waals surface area contributed by atoms with E-state index in [1.165, 1.54) is 12.1 Å². The number of carbonyl (C=O) groups is 1. The van der Waals surface area contributed by atoms with Crippen LogP contribution in [0.4, 0.5) is 10.2 Å². The summed E-state index contributed by atoms with van der Waals surface area (Å²) in [6.07, 6.45) is 0.